The van der Waals surface area contributed by atoms with Crippen molar-refractivity contribution in [2.75, 3.05) is 39.4 Å². The van der Waals surface area contributed by atoms with E-state index in [2.05, 4.69) is 0 Å². The molecule has 1 saturated heterocycles. The number of hydrogen-bond donors (Lipinski definition) is 0. The summed E-state index contributed by atoms with van der Waals surface area (Å²) in [5.41, 5.74) is 0.186. The van der Waals surface area contributed by atoms with Crippen LogP contribution in [0.25, 0.3) is 0 Å². The Bertz CT molecular complexity index is 1030. The molecule has 0 atom stereocenters. The number of amides is 1. The summed E-state index contributed by atoms with van der Waals surface area (Å²) in [6.45, 7) is 2.45. The highest BCUT2D eigenvalue weighted by Gasteiger charge is 2.29. The second-order valence-corrected chi connectivity index (χ2v) is 8.79. The minimum atomic E-state index is -3.72. The first-order valence-electron chi connectivity index (χ1n) is 9.69. The monoisotopic (exact) mass is 450 g/mol. The highest BCUT2D eigenvalue weighted by molar-refractivity contribution is 7.89. The van der Waals surface area contributed by atoms with Crippen LogP contribution in [0.15, 0.2) is 53.4 Å². The molecule has 166 valence electrons. The zero-order valence-electron chi connectivity index (χ0n) is 17.0. The van der Waals surface area contributed by atoms with Gasteiger partial charge in [0, 0.05) is 33.1 Å². The Hall–Kier alpha value is -2.98. The summed E-state index contributed by atoms with van der Waals surface area (Å²) < 4.78 is 50.6. The number of benzene rings is 2. The van der Waals surface area contributed by atoms with Gasteiger partial charge in [-0.15, -0.1) is 0 Å². The molecular weight excluding hydrogens is 427 g/mol. The first kappa shape index (κ1) is 22.7. The normalized spacial score (nSPS) is 14.8. The van der Waals surface area contributed by atoms with E-state index in [1.807, 2.05) is 0 Å². The lowest BCUT2D eigenvalue weighted by Gasteiger charge is -2.33. The minimum Gasteiger partial charge on any atom is -0.487 e. The Kier molecular flexibility index (Phi) is 7.24. The molecule has 2 aromatic carbocycles. The van der Waals surface area contributed by atoms with E-state index >= 15 is 0 Å². The van der Waals surface area contributed by atoms with E-state index in [0.29, 0.717) is 13.1 Å². The molecule has 8 nitrogen and oxygen atoms in total. The predicted octanol–water partition coefficient (Wildman–Crippen LogP) is 1.91. The quantitative estimate of drug-likeness (QED) is 0.473. The predicted molar refractivity (Wildman–Crippen MR) is 110 cm³/mol. The van der Waals surface area contributed by atoms with Crippen LogP contribution in [0, 0.1) is 5.82 Å². The number of carbonyl (C=O) groups is 2. The largest absolute Gasteiger partial charge is 0.487 e. The SMILES string of the molecule is CC(=O)N1CCN(S(=O)(=O)c2ccc(C(=O)OCCOc3ccccc3F)cc2)CC1. The number of esters is 1. The van der Waals surface area contributed by atoms with Crippen LogP contribution in [0.5, 0.6) is 5.75 Å². The van der Waals surface area contributed by atoms with Gasteiger partial charge in [-0.1, -0.05) is 12.1 Å². The van der Waals surface area contributed by atoms with E-state index in [1.165, 1.54) is 53.7 Å². The number of para-hydroxylation sites is 1. The van der Waals surface area contributed by atoms with Gasteiger partial charge in [0.25, 0.3) is 0 Å². The Balaban J connectivity index is 1.52. The molecule has 0 radical (unpaired) electrons. The van der Waals surface area contributed by atoms with Gasteiger partial charge in [0.05, 0.1) is 10.5 Å². The van der Waals surface area contributed by atoms with Gasteiger partial charge < -0.3 is 14.4 Å². The molecule has 0 bridgehead atoms. The second kappa shape index (κ2) is 9.88. The van der Waals surface area contributed by atoms with E-state index in [1.54, 1.807) is 11.0 Å². The van der Waals surface area contributed by atoms with Crippen molar-refractivity contribution in [3.63, 3.8) is 0 Å². The molecule has 1 fully saturated rings. The van der Waals surface area contributed by atoms with Crippen LogP contribution >= 0.6 is 0 Å². The molecule has 0 saturated carbocycles. The molecule has 1 amide bonds. The number of ether oxygens (including phenoxy) is 2. The number of sulfonamides is 1. The third-order valence-electron chi connectivity index (χ3n) is 4.82. The van der Waals surface area contributed by atoms with Gasteiger partial charge in [-0.2, -0.15) is 4.31 Å². The molecule has 1 aliphatic heterocycles. The van der Waals surface area contributed by atoms with Gasteiger partial charge in [-0.05, 0) is 36.4 Å². The maximum atomic E-state index is 13.5. The van der Waals surface area contributed by atoms with Crippen LogP contribution in [-0.4, -0.2) is 68.9 Å². The Labute approximate surface area is 180 Å². The zero-order chi connectivity index (χ0) is 22.4. The van der Waals surface area contributed by atoms with E-state index in [-0.39, 0.29) is 48.4 Å². The summed E-state index contributed by atoms with van der Waals surface area (Å²) in [7, 11) is -3.72. The van der Waals surface area contributed by atoms with Gasteiger partial charge in [0.15, 0.2) is 11.6 Å². The number of nitrogens with zero attached hydrogens (tertiary/aromatic N) is 2. The zero-order valence-corrected chi connectivity index (χ0v) is 17.8. The minimum absolute atomic E-state index is 0.0224. The van der Waals surface area contributed by atoms with Crippen molar-refractivity contribution >= 4 is 21.9 Å². The summed E-state index contributed by atoms with van der Waals surface area (Å²) in [6.07, 6.45) is 0. The van der Waals surface area contributed by atoms with Gasteiger partial charge in [0.1, 0.15) is 13.2 Å². The molecule has 0 aliphatic carbocycles. The van der Waals surface area contributed by atoms with Gasteiger partial charge in [-0.3, -0.25) is 4.79 Å². The molecule has 10 heteroatoms. The molecule has 0 aromatic heterocycles. The summed E-state index contributed by atoms with van der Waals surface area (Å²) in [4.78, 5) is 25.2. The maximum absolute atomic E-state index is 13.5. The van der Waals surface area contributed by atoms with Crippen LogP contribution in [0.2, 0.25) is 0 Å². The van der Waals surface area contributed by atoms with E-state index < -0.39 is 21.8 Å². The fourth-order valence-corrected chi connectivity index (χ4v) is 4.51. The van der Waals surface area contributed by atoms with Crippen molar-refractivity contribution < 1.29 is 31.9 Å². The molecule has 31 heavy (non-hydrogen) atoms. The molecule has 0 unspecified atom stereocenters. The average molecular weight is 450 g/mol. The van der Waals surface area contributed by atoms with Crippen LogP contribution in [0.4, 0.5) is 4.39 Å². The molecule has 2 aromatic rings. The summed E-state index contributed by atoms with van der Waals surface area (Å²) in [5.74, 6) is -1.17. The summed E-state index contributed by atoms with van der Waals surface area (Å²) in [6, 6.07) is 11.3. The lowest BCUT2D eigenvalue weighted by atomic mass is 10.2. The van der Waals surface area contributed by atoms with E-state index in [9.17, 15) is 22.4 Å². The summed E-state index contributed by atoms with van der Waals surface area (Å²) >= 11 is 0. The molecular formula is C21H23FN2O6S. The first-order chi connectivity index (χ1) is 14.8. The fraction of sp³-hybridized carbons (Fsp3) is 0.333. The number of hydrogen-bond acceptors (Lipinski definition) is 6. The molecule has 3 rings (SSSR count). The number of piperazine rings is 1. The molecule has 1 heterocycles. The number of halogens is 1. The molecule has 0 N–H and O–H groups in total. The highest BCUT2D eigenvalue weighted by Crippen LogP contribution is 2.19. The molecule has 0 spiro atoms. The van der Waals surface area contributed by atoms with E-state index in [4.69, 9.17) is 9.47 Å². The van der Waals surface area contributed by atoms with E-state index in [0.717, 1.165) is 0 Å². The fourth-order valence-electron chi connectivity index (χ4n) is 3.09. The third-order valence-corrected chi connectivity index (χ3v) is 6.74. The summed E-state index contributed by atoms with van der Waals surface area (Å²) in [5, 5.41) is 0. The van der Waals surface area contributed by atoms with Gasteiger partial charge in [0.2, 0.25) is 15.9 Å². The van der Waals surface area contributed by atoms with Crippen molar-refractivity contribution in [2.45, 2.75) is 11.8 Å². The highest BCUT2D eigenvalue weighted by atomic mass is 32.2. The lowest BCUT2D eigenvalue weighted by molar-refractivity contribution is -0.129. The van der Waals surface area contributed by atoms with Crippen molar-refractivity contribution in [2.24, 2.45) is 0 Å². The third kappa shape index (κ3) is 5.59. The van der Waals surface area contributed by atoms with Crippen LogP contribution < -0.4 is 4.74 Å². The molecule has 1 aliphatic rings. The van der Waals surface area contributed by atoms with Crippen LogP contribution in [-0.2, 0) is 19.6 Å². The average Bonchev–Trinajstić information content (AvgIpc) is 2.77. The van der Waals surface area contributed by atoms with Crippen LogP contribution in [0.1, 0.15) is 17.3 Å². The maximum Gasteiger partial charge on any atom is 0.338 e. The first-order valence-corrected chi connectivity index (χ1v) is 11.1. The Morgan fingerprint density at radius 1 is 0.968 bits per heavy atom. The smallest absolute Gasteiger partial charge is 0.338 e. The topological polar surface area (TPSA) is 93.2 Å². The number of carbonyl (C=O) groups excluding carboxylic acids is 2. The Morgan fingerprint density at radius 3 is 2.23 bits per heavy atom. The van der Waals surface area contributed by atoms with Crippen molar-refractivity contribution in [3.8, 4) is 5.75 Å². The van der Waals surface area contributed by atoms with Crippen molar-refractivity contribution in [1.29, 1.82) is 0 Å². The second-order valence-electron chi connectivity index (χ2n) is 6.85. The Morgan fingerprint density at radius 2 is 1.61 bits per heavy atom. The lowest BCUT2D eigenvalue weighted by Crippen LogP contribution is -2.49. The van der Waals surface area contributed by atoms with Gasteiger partial charge >= 0.3 is 5.97 Å². The standard InChI is InChI=1S/C21H23FN2O6S/c1-16(25)23-10-12-24(13-11-23)31(27,28)18-8-6-17(7-9-18)21(26)30-15-14-29-20-5-3-2-4-19(20)22/h2-9H,10-15H2,1H3. The van der Waals surface area contributed by atoms with Crippen LogP contribution in [0.3, 0.4) is 0 Å². The van der Waals surface area contributed by atoms with Gasteiger partial charge in [-0.25, -0.2) is 17.6 Å². The number of rotatable bonds is 7. The van der Waals surface area contributed by atoms with Crippen molar-refractivity contribution in [3.05, 3.63) is 59.9 Å². The van der Waals surface area contributed by atoms with Crippen molar-refractivity contribution in [1.82, 2.24) is 9.21 Å².